The van der Waals surface area contributed by atoms with Crippen molar-refractivity contribution < 1.29 is 23.6 Å². The second-order valence-electron chi connectivity index (χ2n) is 7.92. The van der Waals surface area contributed by atoms with Crippen molar-refractivity contribution in [3.63, 3.8) is 0 Å². The molecule has 8 heteroatoms. The summed E-state index contributed by atoms with van der Waals surface area (Å²) in [5.41, 5.74) is 2.05. The number of nitrogens with one attached hydrogen (secondary N) is 1. The van der Waals surface area contributed by atoms with Gasteiger partial charge in [-0.3, -0.25) is 9.59 Å². The Labute approximate surface area is 185 Å². The Kier molecular flexibility index (Phi) is 10.3. The van der Waals surface area contributed by atoms with Crippen LogP contribution in [0.15, 0.2) is 12.4 Å². The van der Waals surface area contributed by atoms with Crippen molar-refractivity contribution in [2.45, 2.75) is 85.7 Å². The summed E-state index contributed by atoms with van der Waals surface area (Å²) in [5.74, 6) is 1.69. The third-order valence-electron chi connectivity index (χ3n) is 5.13. The number of aromatic nitrogens is 4. The molecule has 8 nitrogen and oxygen atoms in total. The average molecular weight is 434 g/mol. The van der Waals surface area contributed by atoms with Crippen LogP contribution in [-0.2, 0) is 38.6 Å². The SMILES string of the molecule is CCc1nc(C)cn1CCC(=O)OCCCCCCOC(=O)CC[n+]1cc(C)[nH]c1C. The standard InChI is InChI=1S/C23H36N4O4/c1-5-21-25-19(3)17-27(21)13-11-23(29)31-15-9-7-6-8-14-30-22(28)10-12-26-16-18(2)24-20(26)4/h16-17H,5-15H2,1-4H3/p+1. The molecule has 0 fully saturated rings. The lowest BCUT2D eigenvalue weighted by atomic mass is 10.2. The number of hydrogen-bond acceptors (Lipinski definition) is 5. The number of H-pyrrole nitrogens is 1. The number of esters is 2. The van der Waals surface area contributed by atoms with E-state index in [1.54, 1.807) is 0 Å². The molecule has 0 saturated heterocycles. The lowest BCUT2D eigenvalue weighted by Crippen LogP contribution is -2.35. The van der Waals surface area contributed by atoms with E-state index in [-0.39, 0.29) is 11.9 Å². The molecular weight excluding hydrogens is 396 g/mol. The van der Waals surface area contributed by atoms with Crippen LogP contribution in [0.5, 0.6) is 0 Å². The zero-order valence-electron chi connectivity index (χ0n) is 19.4. The molecule has 0 aliphatic rings. The van der Waals surface area contributed by atoms with Gasteiger partial charge in [-0.25, -0.2) is 14.5 Å². The second-order valence-corrected chi connectivity index (χ2v) is 7.92. The maximum Gasteiger partial charge on any atom is 0.309 e. The first kappa shape index (κ1) is 24.6. The van der Waals surface area contributed by atoms with Crippen LogP contribution in [-0.4, -0.2) is 39.7 Å². The van der Waals surface area contributed by atoms with Gasteiger partial charge in [-0.1, -0.05) is 6.92 Å². The summed E-state index contributed by atoms with van der Waals surface area (Å²) in [6.07, 6.45) is 9.10. The Hall–Kier alpha value is -2.64. The van der Waals surface area contributed by atoms with Gasteiger partial charge in [-0.05, 0) is 32.6 Å². The molecule has 0 atom stereocenters. The zero-order chi connectivity index (χ0) is 22.6. The first-order chi connectivity index (χ1) is 14.9. The summed E-state index contributed by atoms with van der Waals surface area (Å²) >= 11 is 0. The Morgan fingerprint density at radius 3 is 2.26 bits per heavy atom. The fourth-order valence-electron chi connectivity index (χ4n) is 3.52. The molecule has 2 heterocycles. The van der Waals surface area contributed by atoms with Crippen LogP contribution in [0.2, 0.25) is 0 Å². The van der Waals surface area contributed by atoms with E-state index in [0.29, 0.717) is 39.1 Å². The van der Waals surface area contributed by atoms with Gasteiger partial charge >= 0.3 is 11.9 Å². The molecule has 0 unspecified atom stereocenters. The van der Waals surface area contributed by atoms with Crippen LogP contribution >= 0.6 is 0 Å². The van der Waals surface area contributed by atoms with Crippen LogP contribution in [0.25, 0.3) is 0 Å². The maximum absolute atomic E-state index is 11.9. The van der Waals surface area contributed by atoms with Crippen molar-refractivity contribution in [3.8, 4) is 0 Å². The number of carbonyl (C=O) groups excluding carboxylic acids is 2. The predicted molar refractivity (Wildman–Crippen MR) is 116 cm³/mol. The molecule has 31 heavy (non-hydrogen) atoms. The van der Waals surface area contributed by atoms with Gasteiger partial charge in [0.05, 0.1) is 31.7 Å². The Bertz CT molecular complexity index is 841. The smallest absolute Gasteiger partial charge is 0.309 e. The topological polar surface area (TPSA) is 90.1 Å². The van der Waals surface area contributed by atoms with E-state index < -0.39 is 0 Å². The highest BCUT2D eigenvalue weighted by atomic mass is 16.5. The van der Waals surface area contributed by atoms with E-state index in [0.717, 1.165) is 55.1 Å². The van der Waals surface area contributed by atoms with Gasteiger partial charge in [0.25, 0.3) is 5.82 Å². The van der Waals surface area contributed by atoms with E-state index in [2.05, 4.69) is 16.9 Å². The van der Waals surface area contributed by atoms with E-state index in [1.807, 2.05) is 42.3 Å². The molecule has 0 amide bonds. The number of hydrogen-bond donors (Lipinski definition) is 1. The number of unbranched alkanes of at least 4 members (excludes halogenated alkanes) is 3. The van der Waals surface area contributed by atoms with Crippen LogP contribution in [0, 0.1) is 20.8 Å². The molecule has 0 radical (unpaired) electrons. The monoisotopic (exact) mass is 433 g/mol. The number of aromatic amines is 1. The summed E-state index contributed by atoms with van der Waals surface area (Å²) in [7, 11) is 0. The lowest BCUT2D eigenvalue weighted by Gasteiger charge is -2.07. The third-order valence-corrected chi connectivity index (χ3v) is 5.13. The molecule has 0 aliphatic heterocycles. The minimum absolute atomic E-state index is 0.168. The van der Waals surface area contributed by atoms with Crippen LogP contribution in [0.4, 0.5) is 0 Å². The molecule has 0 saturated carbocycles. The van der Waals surface area contributed by atoms with Crippen molar-refractivity contribution in [1.82, 2.24) is 14.5 Å². The Morgan fingerprint density at radius 2 is 1.68 bits per heavy atom. The quantitative estimate of drug-likeness (QED) is 0.281. The third kappa shape index (κ3) is 8.94. The molecular formula is C23H37N4O4+. The molecule has 172 valence electrons. The number of nitrogens with zero attached hydrogens (tertiary/aromatic N) is 3. The highest BCUT2D eigenvalue weighted by Gasteiger charge is 2.11. The highest BCUT2D eigenvalue weighted by molar-refractivity contribution is 5.69. The molecule has 0 aromatic carbocycles. The highest BCUT2D eigenvalue weighted by Crippen LogP contribution is 2.06. The number of imidazole rings is 2. The molecule has 2 aromatic heterocycles. The van der Waals surface area contributed by atoms with Crippen molar-refractivity contribution >= 4 is 11.9 Å². The summed E-state index contributed by atoms with van der Waals surface area (Å²) in [6, 6.07) is 0. The molecule has 2 rings (SSSR count). The van der Waals surface area contributed by atoms with Gasteiger partial charge < -0.3 is 14.0 Å². The van der Waals surface area contributed by atoms with E-state index >= 15 is 0 Å². The second kappa shape index (κ2) is 12.9. The van der Waals surface area contributed by atoms with Gasteiger partial charge in [-0.15, -0.1) is 0 Å². The fraction of sp³-hybridized carbons (Fsp3) is 0.652. The largest absolute Gasteiger partial charge is 0.466 e. The predicted octanol–water partition coefficient (Wildman–Crippen LogP) is 3.11. The number of rotatable bonds is 14. The van der Waals surface area contributed by atoms with Crippen molar-refractivity contribution in [3.05, 3.63) is 35.4 Å². The summed E-state index contributed by atoms with van der Waals surface area (Å²) < 4.78 is 14.7. The zero-order valence-corrected chi connectivity index (χ0v) is 19.4. The number of carbonyl (C=O) groups is 2. The first-order valence-corrected chi connectivity index (χ1v) is 11.3. The molecule has 2 aromatic rings. The van der Waals surface area contributed by atoms with Crippen molar-refractivity contribution in [2.75, 3.05) is 13.2 Å². The molecule has 0 spiro atoms. The van der Waals surface area contributed by atoms with E-state index in [4.69, 9.17) is 9.47 Å². The summed E-state index contributed by atoms with van der Waals surface area (Å²) in [6.45, 7) is 10.1. The van der Waals surface area contributed by atoms with Crippen molar-refractivity contribution in [1.29, 1.82) is 0 Å². The molecule has 0 bridgehead atoms. The van der Waals surface area contributed by atoms with Gasteiger partial charge in [0, 0.05) is 33.0 Å². The Morgan fingerprint density at radius 1 is 1.03 bits per heavy atom. The Balaban J connectivity index is 1.44. The maximum atomic E-state index is 11.9. The van der Waals surface area contributed by atoms with Gasteiger partial charge in [0.15, 0.2) is 0 Å². The average Bonchev–Trinajstić information content (AvgIpc) is 3.26. The summed E-state index contributed by atoms with van der Waals surface area (Å²) in [5, 5.41) is 0. The van der Waals surface area contributed by atoms with Crippen LogP contribution in [0.3, 0.4) is 0 Å². The van der Waals surface area contributed by atoms with Gasteiger partial charge in [0.2, 0.25) is 0 Å². The van der Waals surface area contributed by atoms with Gasteiger partial charge in [-0.2, -0.15) is 0 Å². The first-order valence-electron chi connectivity index (χ1n) is 11.3. The van der Waals surface area contributed by atoms with E-state index in [9.17, 15) is 9.59 Å². The number of aryl methyl sites for hydroxylation is 6. The summed E-state index contributed by atoms with van der Waals surface area (Å²) in [4.78, 5) is 31.4. The van der Waals surface area contributed by atoms with Crippen LogP contribution in [0.1, 0.15) is 68.5 Å². The van der Waals surface area contributed by atoms with E-state index in [1.165, 1.54) is 0 Å². The minimum atomic E-state index is -0.173. The van der Waals surface area contributed by atoms with Crippen molar-refractivity contribution in [2.24, 2.45) is 0 Å². The molecule has 1 N–H and O–H groups in total. The minimum Gasteiger partial charge on any atom is -0.466 e. The van der Waals surface area contributed by atoms with Crippen LogP contribution < -0.4 is 4.57 Å². The number of ether oxygens (including phenoxy) is 2. The normalized spacial score (nSPS) is 11.0. The fourth-order valence-corrected chi connectivity index (χ4v) is 3.52. The lowest BCUT2D eigenvalue weighted by molar-refractivity contribution is -0.700. The van der Waals surface area contributed by atoms with Gasteiger partial charge in [0.1, 0.15) is 24.3 Å². The molecule has 0 aliphatic carbocycles.